The molecule has 0 radical (unpaired) electrons. The number of carbonyl (C=O) groups excluding carboxylic acids is 1. The molecule has 0 saturated carbocycles. The lowest BCUT2D eigenvalue weighted by molar-refractivity contribution is -0.118. The minimum absolute atomic E-state index is 0.102. The molecule has 0 aliphatic rings. The first-order valence-corrected chi connectivity index (χ1v) is 6.92. The van der Waals surface area contributed by atoms with Crippen molar-refractivity contribution in [1.29, 1.82) is 0 Å². The highest BCUT2D eigenvalue weighted by molar-refractivity contribution is 5.73. The Balaban J connectivity index is 2.22. The van der Waals surface area contributed by atoms with E-state index in [-0.39, 0.29) is 23.3 Å². The van der Waals surface area contributed by atoms with Crippen LogP contribution in [0.15, 0.2) is 48.5 Å². The second-order valence-electron chi connectivity index (χ2n) is 5.09. The summed E-state index contributed by atoms with van der Waals surface area (Å²) in [5, 5.41) is 18.8. The van der Waals surface area contributed by atoms with E-state index in [1.165, 1.54) is 0 Å². The fraction of sp³-hybridized carbons (Fsp3) is 0.235. The Bertz CT molecular complexity index is 545. The second-order valence-corrected chi connectivity index (χ2v) is 5.09. The highest BCUT2D eigenvalue weighted by Crippen LogP contribution is 2.31. The first-order valence-electron chi connectivity index (χ1n) is 6.92. The number of carbonyl (C=O) groups is 1. The van der Waals surface area contributed by atoms with Crippen LogP contribution in [0.2, 0.25) is 0 Å². The third-order valence-corrected chi connectivity index (χ3v) is 3.51. The van der Waals surface area contributed by atoms with E-state index >= 15 is 0 Å². The van der Waals surface area contributed by atoms with Gasteiger partial charge in [0.1, 0.15) is 11.5 Å². The molecule has 1 amide bonds. The van der Waals surface area contributed by atoms with Gasteiger partial charge in [-0.1, -0.05) is 24.3 Å². The van der Waals surface area contributed by atoms with Crippen LogP contribution in [0.1, 0.15) is 36.3 Å². The zero-order valence-electron chi connectivity index (χ0n) is 11.7. The van der Waals surface area contributed by atoms with E-state index < -0.39 is 0 Å². The SMILES string of the molecule is NC(=O)CCCC(c1ccc(O)cc1)c1ccc(O)cc1. The number of phenols is 2. The summed E-state index contributed by atoms with van der Waals surface area (Å²) in [5.41, 5.74) is 7.31. The summed E-state index contributed by atoms with van der Waals surface area (Å²) >= 11 is 0. The normalized spacial score (nSPS) is 10.7. The van der Waals surface area contributed by atoms with E-state index in [1.54, 1.807) is 24.3 Å². The van der Waals surface area contributed by atoms with Crippen LogP contribution in [-0.2, 0) is 4.79 Å². The molecule has 0 bridgehead atoms. The standard InChI is InChI=1S/C17H19NO3/c18-17(21)3-1-2-16(12-4-8-14(19)9-5-12)13-6-10-15(20)11-7-13/h4-11,16,19-20H,1-3H2,(H2,18,21). The molecule has 110 valence electrons. The van der Waals surface area contributed by atoms with Crippen molar-refractivity contribution in [3.8, 4) is 11.5 Å². The highest BCUT2D eigenvalue weighted by Gasteiger charge is 2.14. The van der Waals surface area contributed by atoms with Gasteiger partial charge in [0, 0.05) is 12.3 Å². The molecule has 0 spiro atoms. The van der Waals surface area contributed by atoms with Gasteiger partial charge in [-0.05, 0) is 48.2 Å². The predicted molar refractivity (Wildman–Crippen MR) is 81.1 cm³/mol. The summed E-state index contributed by atoms with van der Waals surface area (Å²) in [6.45, 7) is 0. The minimum Gasteiger partial charge on any atom is -0.508 e. The molecule has 21 heavy (non-hydrogen) atoms. The topological polar surface area (TPSA) is 83.6 Å². The fourth-order valence-corrected chi connectivity index (χ4v) is 2.42. The third kappa shape index (κ3) is 4.24. The molecule has 0 saturated heterocycles. The van der Waals surface area contributed by atoms with Gasteiger partial charge in [-0.2, -0.15) is 0 Å². The molecule has 0 fully saturated rings. The highest BCUT2D eigenvalue weighted by atomic mass is 16.3. The quantitative estimate of drug-likeness (QED) is 0.763. The minimum atomic E-state index is -0.301. The lowest BCUT2D eigenvalue weighted by atomic mass is 9.87. The molecular formula is C17H19NO3. The maximum Gasteiger partial charge on any atom is 0.217 e. The van der Waals surface area contributed by atoms with Crippen LogP contribution in [-0.4, -0.2) is 16.1 Å². The molecule has 2 aromatic rings. The summed E-state index contributed by atoms with van der Waals surface area (Å²) in [6, 6.07) is 14.1. The maximum atomic E-state index is 10.9. The van der Waals surface area contributed by atoms with E-state index in [2.05, 4.69) is 0 Å². The number of hydrogen-bond acceptors (Lipinski definition) is 3. The Kier molecular flexibility index (Phi) is 4.82. The van der Waals surface area contributed by atoms with Gasteiger partial charge < -0.3 is 15.9 Å². The van der Waals surface area contributed by atoms with Crippen molar-refractivity contribution in [2.45, 2.75) is 25.2 Å². The first-order chi connectivity index (χ1) is 10.1. The van der Waals surface area contributed by atoms with E-state index in [9.17, 15) is 15.0 Å². The smallest absolute Gasteiger partial charge is 0.217 e. The molecule has 0 aliphatic heterocycles. The van der Waals surface area contributed by atoms with Gasteiger partial charge in [-0.15, -0.1) is 0 Å². The summed E-state index contributed by atoms with van der Waals surface area (Å²) in [4.78, 5) is 10.9. The van der Waals surface area contributed by atoms with Gasteiger partial charge in [0.05, 0.1) is 0 Å². The maximum absolute atomic E-state index is 10.9. The van der Waals surface area contributed by atoms with Gasteiger partial charge in [0.15, 0.2) is 0 Å². The largest absolute Gasteiger partial charge is 0.508 e. The Morgan fingerprint density at radius 2 is 1.33 bits per heavy atom. The summed E-state index contributed by atoms with van der Waals surface area (Å²) in [7, 11) is 0. The molecule has 2 aromatic carbocycles. The van der Waals surface area contributed by atoms with Crippen LogP contribution in [0.25, 0.3) is 0 Å². The Morgan fingerprint density at radius 1 is 0.905 bits per heavy atom. The van der Waals surface area contributed by atoms with Crippen LogP contribution >= 0.6 is 0 Å². The zero-order valence-corrected chi connectivity index (χ0v) is 11.7. The van der Waals surface area contributed by atoms with Crippen LogP contribution in [0.5, 0.6) is 11.5 Å². The van der Waals surface area contributed by atoms with E-state index in [0.29, 0.717) is 12.8 Å². The Morgan fingerprint density at radius 3 is 1.71 bits per heavy atom. The number of phenolic OH excluding ortho intramolecular Hbond substituents is 2. The van der Waals surface area contributed by atoms with Crippen molar-refractivity contribution < 1.29 is 15.0 Å². The lowest BCUT2D eigenvalue weighted by Gasteiger charge is -2.18. The number of hydrogen-bond donors (Lipinski definition) is 3. The molecule has 0 heterocycles. The average Bonchev–Trinajstić information content (AvgIpc) is 2.46. The number of rotatable bonds is 6. The van der Waals surface area contributed by atoms with Gasteiger partial charge in [-0.3, -0.25) is 4.79 Å². The van der Waals surface area contributed by atoms with Crippen molar-refractivity contribution in [2.24, 2.45) is 5.73 Å². The second kappa shape index (κ2) is 6.79. The molecule has 0 atom stereocenters. The number of primary amides is 1. The van der Waals surface area contributed by atoms with Gasteiger partial charge >= 0.3 is 0 Å². The molecule has 0 aromatic heterocycles. The van der Waals surface area contributed by atoms with E-state index in [1.807, 2.05) is 24.3 Å². The van der Waals surface area contributed by atoms with Crippen LogP contribution in [0.3, 0.4) is 0 Å². The lowest BCUT2D eigenvalue weighted by Crippen LogP contribution is -2.11. The Hall–Kier alpha value is -2.49. The molecule has 4 heteroatoms. The number of nitrogens with two attached hydrogens (primary N) is 1. The monoisotopic (exact) mass is 285 g/mol. The van der Waals surface area contributed by atoms with Crippen molar-refractivity contribution in [1.82, 2.24) is 0 Å². The molecule has 4 N–H and O–H groups in total. The number of aromatic hydroxyl groups is 2. The zero-order chi connectivity index (χ0) is 15.2. The van der Waals surface area contributed by atoms with Gasteiger partial charge in [-0.25, -0.2) is 0 Å². The van der Waals surface area contributed by atoms with Gasteiger partial charge in [0.25, 0.3) is 0 Å². The van der Waals surface area contributed by atoms with Gasteiger partial charge in [0.2, 0.25) is 5.91 Å². The molecular weight excluding hydrogens is 266 g/mol. The van der Waals surface area contributed by atoms with Crippen molar-refractivity contribution >= 4 is 5.91 Å². The first kappa shape index (κ1) is 14.9. The van der Waals surface area contributed by atoms with Crippen LogP contribution in [0.4, 0.5) is 0 Å². The van der Waals surface area contributed by atoms with Crippen LogP contribution in [0, 0.1) is 0 Å². The van der Waals surface area contributed by atoms with Crippen molar-refractivity contribution in [2.75, 3.05) is 0 Å². The third-order valence-electron chi connectivity index (χ3n) is 3.51. The molecule has 2 rings (SSSR count). The average molecular weight is 285 g/mol. The predicted octanol–water partition coefficient (Wildman–Crippen LogP) is 2.89. The van der Waals surface area contributed by atoms with Crippen LogP contribution < -0.4 is 5.73 Å². The molecule has 4 nitrogen and oxygen atoms in total. The van der Waals surface area contributed by atoms with Crippen molar-refractivity contribution in [3.63, 3.8) is 0 Å². The number of amides is 1. The number of benzene rings is 2. The summed E-state index contributed by atoms with van der Waals surface area (Å²) < 4.78 is 0. The summed E-state index contributed by atoms with van der Waals surface area (Å²) in [5.74, 6) is 0.247. The molecule has 0 unspecified atom stereocenters. The fourth-order valence-electron chi connectivity index (χ4n) is 2.42. The molecule has 0 aliphatic carbocycles. The van der Waals surface area contributed by atoms with E-state index in [0.717, 1.165) is 17.5 Å². The Labute approximate surface area is 123 Å². The summed E-state index contributed by atoms with van der Waals surface area (Å²) in [6.07, 6.45) is 1.83. The van der Waals surface area contributed by atoms with E-state index in [4.69, 9.17) is 5.73 Å². The van der Waals surface area contributed by atoms with Crippen molar-refractivity contribution in [3.05, 3.63) is 59.7 Å².